The van der Waals surface area contributed by atoms with Crippen LogP contribution in [0.15, 0.2) is 0 Å². The minimum absolute atomic E-state index is 0.483. The number of rotatable bonds is 6. The minimum Gasteiger partial charge on any atom is -0.329 e. The zero-order chi connectivity index (χ0) is 15.6. The van der Waals surface area contributed by atoms with Crippen LogP contribution >= 0.6 is 0 Å². The second-order valence-corrected chi connectivity index (χ2v) is 9.10. The number of hydrogen-bond acceptors (Lipinski definition) is 2. The van der Waals surface area contributed by atoms with Gasteiger partial charge in [0, 0.05) is 25.2 Å². The molecule has 2 nitrogen and oxygen atoms in total. The van der Waals surface area contributed by atoms with Gasteiger partial charge >= 0.3 is 0 Å². The van der Waals surface area contributed by atoms with Gasteiger partial charge in [0.15, 0.2) is 0 Å². The van der Waals surface area contributed by atoms with Crippen molar-refractivity contribution < 1.29 is 0 Å². The van der Waals surface area contributed by atoms with Crippen LogP contribution < -0.4 is 5.73 Å². The molecule has 2 N–H and O–H groups in total. The van der Waals surface area contributed by atoms with Crippen molar-refractivity contribution in [3.63, 3.8) is 0 Å². The molecule has 0 amide bonds. The smallest absolute Gasteiger partial charge is 0.0249 e. The third kappa shape index (κ3) is 4.69. The Labute approximate surface area is 132 Å². The predicted molar refractivity (Wildman–Crippen MR) is 92.3 cm³/mol. The highest BCUT2D eigenvalue weighted by Gasteiger charge is 2.39. The lowest BCUT2D eigenvalue weighted by Crippen LogP contribution is -2.49. The molecule has 0 spiro atoms. The Kier molecular flexibility index (Phi) is 5.76. The molecule has 0 heterocycles. The molecule has 1 atom stereocenters. The van der Waals surface area contributed by atoms with E-state index >= 15 is 0 Å². The maximum absolute atomic E-state index is 6.22. The van der Waals surface area contributed by atoms with Crippen molar-refractivity contribution in [2.75, 3.05) is 13.1 Å². The average Bonchev–Trinajstić information content (AvgIpc) is 3.22. The summed E-state index contributed by atoms with van der Waals surface area (Å²) in [6.07, 6.45) is 8.41. The summed E-state index contributed by atoms with van der Waals surface area (Å²) in [4.78, 5) is 2.78. The molecule has 2 aliphatic carbocycles. The summed E-state index contributed by atoms with van der Waals surface area (Å²) < 4.78 is 0. The monoisotopic (exact) mass is 294 g/mol. The Bertz CT molecular complexity index is 306. The van der Waals surface area contributed by atoms with Crippen LogP contribution in [0.25, 0.3) is 0 Å². The molecule has 0 aromatic rings. The van der Waals surface area contributed by atoms with Crippen molar-refractivity contribution >= 4 is 0 Å². The third-order valence-electron chi connectivity index (χ3n) is 5.80. The summed E-state index contributed by atoms with van der Waals surface area (Å²) in [5, 5.41) is 0. The molecular weight excluding hydrogens is 256 g/mol. The van der Waals surface area contributed by atoms with E-state index in [1.807, 2.05) is 0 Å². The number of nitrogens with two attached hydrogens (primary N) is 1. The molecule has 0 aliphatic heterocycles. The number of hydrogen-bond donors (Lipinski definition) is 1. The van der Waals surface area contributed by atoms with Crippen LogP contribution in [0.5, 0.6) is 0 Å². The van der Waals surface area contributed by atoms with Crippen molar-refractivity contribution in [3.05, 3.63) is 0 Å². The van der Waals surface area contributed by atoms with Crippen LogP contribution in [0.4, 0.5) is 0 Å². The van der Waals surface area contributed by atoms with Crippen LogP contribution in [0.2, 0.25) is 0 Å². The SMILES string of the molecule is CC(C)CN(C1CC1)C(CN)C1CCC(C(C)(C)C)CC1. The Morgan fingerprint density at radius 3 is 1.95 bits per heavy atom. The lowest BCUT2D eigenvalue weighted by Gasteiger charge is -2.43. The van der Waals surface area contributed by atoms with Gasteiger partial charge in [-0.25, -0.2) is 0 Å². The maximum Gasteiger partial charge on any atom is 0.0249 e. The first-order valence-electron chi connectivity index (χ1n) is 9.28. The average molecular weight is 295 g/mol. The van der Waals surface area contributed by atoms with E-state index in [4.69, 9.17) is 5.73 Å². The molecule has 2 fully saturated rings. The molecule has 2 aliphatic rings. The van der Waals surface area contributed by atoms with E-state index in [0.717, 1.165) is 30.3 Å². The summed E-state index contributed by atoms with van der Waals surface area (Å²) >= 11 is 0. The van der Waals surface area contributed by atoms with Gasteiger partial charge in [-0.15, -0.1) is 0 Å². The molecule has 0 bridgehead atoms. The molecule has 2 heteroatoms. The first-order chi connectivity index (χ1) is 9.82. The zero-order valence-electron chi connectivity index (χ0n) is 15.1. The Balaban J connectivity index is 1.95. The summed E-state index contributed by atoms with van der Waals surface area (Å²) in [6.45, 7) is 14.0. The van der Waals surface area contributed by atoms with Gasteiger partial charge in [-0.1, -0.05) is 34.6 Å². The molecule has 21 heavy (non-hydrogen) atoms. The van der Waals surface area contributed by atoms with Gasteiger partial charge in [0.1, 0.15) is 0 Å². The lowest BCUT2D eigenvalue weighted by atomic mass is 9.68. The van der Waals surface area contributed by atoms with E-state index in [1.54, 1.807) is 0 Å². The number of nitrogens with zero attached hydrogens (tertiary/aromatic N) is 1. The quantitative estimate of drug-likeness (QED) is 0.792. The first-order valence-corrected chi connectivity index (χ1v) is 9.28. The van der Waals surface area contributed by atoms with Crippen molar-refractivity contribution in [2.45, 2.75) is 85.2 Å². The molecule has 0 aromatic heterocycles. The Morgan fingerprint density at radius 2 is 1.57 bits per heavy atom. The fourth-order valence-corrected chi connectivity index (χ4v) is 4.35. The standard InChI is InChI=1S/C19H38N2/c1-14(2)13-21(17-10-11-17)18(12-20)15-6-8-16(9-7-15)19(3,4)5/h14-18H,6-13,20H2,1-5H3. The molecule has 2 rings (SSSR count). The van der Waals surface area contributed by atoms with E-state index in [9.17, 15) is 0 Å². The van der Waals surface area contributed by atoms with Crippen molar-refractivity contribution in [3.8, 4) is 0 Å². The highest BCUT2D eigenvalue weighted by molar-refractivity contribution is 4.94. The fraction of sp³-hybridized carbons (Fsp3) is 1.00. The topological polar surface area (TPSA) is 29.3 Å². The van der Waals surface area contributed by atoms with Gasteiger partial charge in [-0.3, -0.25) is 4.90 Å². The highest BCUT2D eigenvalue weighted by atomic mass is 15.2. The highest BCUT2D eigenvalue weighted by Crippen LogP contribution is 2.42. The van der Waals surface area contributed by atoms with Crippen molar-refractivity contribution in [1.82, 2.24) is 4.90 Å². The second-order valence-electron chi connectivity index (χ2n) is 9.10. The molecular formula is C19H38N2. The molecule has 124 valence electrons. The van der Waals surface area contributed by atoms with Crippen LogP contribution in [-0.2, 0) is 0 Å². The van der Waals surface area contributed by atoms with E-state index in [0.29, 0.717) is 11.5 Å². The summed E-state index contributed by atoms with van der Waals surface area (Å²) in [6, 6.07) is 1.49. The normalized spacial score (nSPS) is 29.1. The molecule has 2 saturated carbocycles. The van der Waals surface area contributed by atoms with Gasteiger partial charge in [0.2, 0.25) is 0 Å². The van der Waals surface area contributed by atoms with Crippen molar-refractivity contribution in [2.24, 2.45) is 28.9 Å². The van der Waals surface area contributed by atoms with Crippen LogP contribution in [-0.4, -0.2) is 30.1 Å². The maximum atomic E-state index is 6.22. The van der Waals surface area contributed by atoms with Crippen LogP contribution in [0, 0.1) is 23.2 Å². The molecule has 0 aromatic carbocycles. The largest absolute Gasteiger partial charge is 0.329 e. The van der Waals surface area contributed by atoms with Gasteiger partial charge in [0.05, 0.1) is 0 Å². The summed E-state index contributed by atoms with van der Waals surface area (Å²) in [7, 11) is 0. The molecule has 1 unspecified atom stereocenters. The lowest BCUT2D eigenvalue weighted by molar-refractivity contribution is 0.0701. The third-order valence-corrected chi connectivity index (χ3v) is 5.80. The molecule has 0 radical (unpaired) electrons. The second kappa shape index (κ2) is 7.00. The van der Waals surface area contributed by atoms with Gasteiger partial charge in [0.25, 0.3) is 0 Å². The van der Waals surface area contributed by atoms with E-state index in [2.05, 4.69) is 39.5 Å². The van der Waals surface area contributed by atoms with E-state index in [-0.39, 0.29) is 0 Å². The molecule has 0 saturated heterocycles. The zero-order valence-corrected chi connectivity index (χ0v) is 15.1. The summed E-state index contributed by atoms with van der Waals surface area (Å²) in [5.74, 6) is 2.50. The van der Waals surface area contributed by atoms with Gasteiger partial charge in [-0.05, 0) is 61.7 Å². The summed E-state index contributed by atoms with van der Waals surface area (Å²) in [5.41, 5.74) is 6.71. The van der Waals surface area contributed by atoms with Crippen LogP contribution in [0.1, 0.15) is 73.1 Å². The predicted octanol–water partition coefficient (Wildman–Crippen LogP) is 4.29. The van der Waals surface area contributed by atoms with E-state index < -0.39 is 0 Å². The van der Waals surface area contributed by atoms with E-state index in [1.165, 1.54) is 45.1 Å². The minimum atomic E-state index is 0.483. The first kappa shape index (κ1) is 17.3. The Hall–Kier alpha value is -0.0800. The van der Waals surface area contributed by atoms with Crippen molar-refractivity contribution in [1.29, 1.82) is 0 Å². The Morgan fingerprint density at radius 1 is 1.00 bits per heavy atom. The van der Waals surface area contributed by atoms with Gasteiger partial charge in [-0.2, -0.15) is 0 Å². The van der Waals surface area contributed by atoms with Gasteiger partial charge < -0.3 is 5.73 Å². The fourth-order valence-electron chi connectivity index (χ4n) is 4.35. The van der Waals surface area contributed by atoms with Crippen LogP contribution in [0.3, 0.4) is 0 Å².